The molecule has 3 heterocycles. The van der Waals surface area contributed by atoms with Gasteiger partial charge in [-0.05, 0) is 42.1 Å². The lowest BCUT2D eigenvalue weighted by atomic mass is 10.1. The number of nitrogens with zero attached hydrogens (tertiary/aromatic N) is 2. The van der Waals surface area contributed by atoms with Crippen molar-refractivity contribution in [3.8, 4) is 21.1 Å². The molecule has 0 atom stereocenters. The Balaban J connectivity index is 1.82. The van der Waals surface area contributed by atoms with E-state index in [-0.39, 0.29) is 5.56 Å². The standard InChI is InChI=1S/C18H10ClF3N2S2/c1-9-11-6-10(19)2-3-15(11)26-16(9)14-8-25-17(24-14)12-7-23-5-4-13(12)18(20,21)22/h2-8H,1H3. The summed E-state index contributed by atoms with van der Waals surface area (Å²) in [7, 11) is 0. The number of aryl methyl sites for hydroxylation is 1. The molecular formula is C18H10ClF3N2S2. The Morgan fingerprint density at radius 3 is 2.73 bits per heavy atom. The summed E-state index contributed by atoms with van der Waals surface area (Å²) in [5.41, 5.74) is 0.953. The number of alkyl halides is 3. The molecule has 3 aromatic heterocycles. The molecule has 0 saturated carbocycles. The summed E-state index contributed by atoms with van der Waals surface area (Å²) < 4.78 is 40.8. The maximum Gasteiger partial charge on any atom is 0.417 e. The summed E-state index contributed by atoms with van der Waals surface area (Å²) in [6.45, 7) is 1.97. The van der Waals surface area contributed by atoms with Crippen LogP contribution in [0, 0.1) is 6.92 Å². The van der Waals surface area contributed by atoms with Crippen LogP contribution in [0.15, 0.2) is 42.0 Å². The summed E-state index contributed by atoms with van der Waals surface area (Å²) in [5, 5.41) is 3.76. The number of fused-ring (bicyclic) bond motifs is 1. The zero-order chi connectivity index (χ0) is 18.5. The van der Waals surface area contributed by atoms with Crippen molar-refractivity contribution in [1.82, 2.24) is 9.97 Å². The third kappa shape index (κ3) is 3.00. The van der Waals surface area contributed by atoms with E-state index in [2.05, 4.69) is 9.97 Å². The van der Waals surface area contributed by atoms with Gasteiger partial charge in [-0.25, -0.2) is 4.98 Å². The van der Waals surface area contributed by atoms with E-state index in [1.165, 1.54) is 17.5 Å². The topological polar surface area (TPSA) is 25.8 Å². The first-order valence-electron chi connectivity index (χ1n) is 7.51. The van der Waals surface area contributed by atoms with Crippen LogP contribution in [0.1, 0.15) is 11.1 Å². The zero-order valence-electron chi connectivity index (χ0n) is 13.3. The van der Waals surface area contributed by atoms with Gasteiger partial charge in [0.05, 0.1) is 16.1 Å². The highest BCUT2D eigenvalue weighted by atomic mass is 35.5. The second kappa shape index (κ2) is 6.33. The number of hydrogen-bond donors (Lipinski definition) is 0. The molecular weight excluding hydrogens is 401 g/mol. The van der Waals surface area contributed by atoms with Crippen LogP contribution in [-0.4, -0.2) is 9.97 Å². The van der Waals surface area contributed by atoms with Gasteiger partial charge in [0.1, 0.15) is 5.01 Å². The van der Waals surface area contributed by atoms with E-state index in [4.69, 9.17) is 11.6 Å². The predicted molar refractivity (Wildman–Crippen MR) is 101 cm³/mol. The fourth-order valence-corrected chi connectivity index (χ4v) is 4.98. The second-order valence-electron chi connectivity index (χ2n) is 5.65. The molecule has 0 fully saturated rings. The van der Waals surface area contributed by atoms with Crippen LogP contribution < -0.4 is 0 Å². The maximum absolute atomic E-state index is 13.2. The highest BCUT2D eigenvalue weighted by Gasteiger charge is 2.34. The van der Waals surface area contributed by atoms with Gasteiger partial charge in [-0.1, -0.05) is 11.6 Å². The van der Waals surface area contributed by atoms with Crippen molar-refractivity contribution in [2.75, 3.05) is 0 Å². The van der Waals surface area contributed by atoms with Gasteiger partial charge in [-0.2, -0.15) is 13.2 Å². The normalized spacial score (nSPS) is 12.0. The molecule has 8 heteroatoms. The Bertz CT molecular complexity index is 1120. The molecule has 0 aliphatic carbocycles. The molecule has 4 rings (SSSR count). The number of thiophene rings is 1. The summed E-state index contributed by atoms with van der Waals surface area (Å²) in [4.78, 5) is 9.23. The molecule has 26 heavy (non-hydrogen) atoms. The molecule has 2 nitrogen and oxygen atoms in total. The lowest BCUT2D eigenvalue weighted by molar-refractivity contribution is -0.137. The largest absolute Gasteiger partial charge is 0.417 e. The molecule has 1 aromatic carbocycles. The minimum Gasteiger partial charge on any atom is -0.264 e. The number of rotatable bonds is 2. The monoisotopic (exact) mass is 410 g/mol. The van der Waals surface area contributed by atoms with E-state index in [0.29, 0.717) is 15.7 Å². The Morgan fingerprint density at radius 2 is 1.96 bits per heavy atom. The van der Waals surface area contributed by atoms with E-state index in [0.717, 1.165) is 32.8 Å². The molecule has 132 valence electrons. The summed E-state index contributed by atoms with van der Waals surface area (Å²) >= 11 is 8.80. The van der Waals surface area contributed by atoms with Crippen LogP contribution in [0.5, 0.6) is 0 Å². The average molecular weight is 411 g/mol. The van der Waals surface area contributed by atoms with Crippen LogP contribution in [-0.2, 0) is 6.18 Å². The van der Waals surface area contributed by atoms with Crippen LogP contribution >= 0.6 is 34.3 Å². The van der Waals surface area contributed by atoms with Crippen LogP contribution in [0.25, 0.3) is 31.2 Å². The minimum absolute atomic E-state index is 0.00180. The van der Waals surface area contributed by atoms with Crippen molar-refractivity contribution < 1.29 is 13.2 Å². The Morgan fingerprint density at radius 1 is 1.15 bits per heavy atom. The van der Waals surface area contributed by atoms with E-state index < -0.39 is 11.7 Å². The van der Waals surface area contributed by atoms with Crippen LogP contribution in [0.3, 0.4) is 0 Å². The maximum atomic E-state index is 13.2. The molecule has 0 N–H and O–H groups in total. The van der Waals surface area contributed by atoms with Gasteiger partial charge in [-0.15, -0.1) is 22.7 Å². The highest BCUT2D eigenvalue weighted by molar-refractivity contribution is 7.22. The second-order valence-corrected chi connectivity index (χ2v) is 8.00. The number of hydrogen-bond acceptors (Lipinski definition) is 4. The van der Waals surface area contributed by atoms with E-state index >= 15 is 0 Å². The Kier molecular flexibility index (Phi) is 4.25. The molecule has 4 aromatic rings. The fourth-order valence-electron chi connectivity index (χ4n) is 2.75. The smallest absolute Gasteiger partial charge is 0.264 e. The van der Waals surface area contributed by atoms with E-state index in [1.54, 1.807) is 16.7 Å². The van der Waals surface area contributed by atoms with Crippen molar-refractivity contribution in [2.45, 2.75) is 13.1 Å². The average Bonchev–Trinajstić information content (AvgIpc) is 3.20. The van der Waals surface area contributed by atoms with Crippen LogP contribution in [0.2, 0.25) is 5.02 Å². The molecule has 0 saturated heterocycles. The minimum atomic E-state index is -4.45. The molecule has 0 unspecified atom stereocenters. The van der Waals surface area contributed by atoms with Gasteiger partial charge in [0.2, 0.25) is 0 Å². The number of benzene rings is 1. The van der Waals surface area contributed by atoms with Crippen LogP contribution in [0.4, 0.5) is 13.2 Å². The van der Waals surface area contributed by atoms with Gasteiger partial charge < -0.3 is 0 Å². The Labute approximate surface area is 159 Å². The zero-order valence-corrected chi connectivity index (χ0v) is 15.7. The first-order valence-corrected chi connectivity index (χ1v) is 9.58. The third-order valence-electron chi connectivity index (χ3n) is 3.99. The summed E-state index contributed by atoms with van der Waals surface area (Å²) in [5.74, 6) is 0. The quantitative estimate of drug-likeness (QED) is 0.353. The predicted octanol–water partition coefficient (Wildman–Crippen LogP) is 7.07. The number of aromatic nitrogens is 2. The number of pyridine rings is 1. The van der Waals surface area contributed by atoms with Gasteiger partial charge in [0.25, 0.3) is 0 Å². The third-order valence-corrected chi connectivity index (χ3v) is 6.40. The first kappa shape index (κ1) is 17.5. The lowest BCUT2D eigenvalue weighted by Crippen LogP contribution is -2.07. The van der Waals surface area contributed by atoms with Crippen molar-refractivity contribution in [2.24, 2.45) is 0 Å². The fraction of sp³-hybridized carbons (Fsp3) is 0.111. The SMILES string of the molecule is Cc1c(-c2csc(-c3cnccc3C(F)(F)F)n2)sc2ccc(Cl)cc12. The highest BCUT2D eigenvalue weighted by Crippen LogP contribution is 2.42. The molecule has 0 aliphatic rings. The van der Waals surface area contributed by atoms with E-state index in [1.807, 2.05) is 25.1 Å². The van der Waals surface area contributed by atoms with Gasteiger partial charge in [0.15, 0.2) is 0 Å². The Hall–Kier alpha value is -1.96. The summed E-state index contributed by atoms with van der Waals surface area (Å²) in [6.07, 6.45) is -2.10. The van der Waals surface area contributed by atoms with Gasteiger partial charge in [0, 0.05) is 33.1 Å². The molecule has 0 amide bonds. The van der Waals surface area contributed by atoms with Crippen molar-refractivity contribution >= 4 is 44.4 Å². The van der Waals surface area contributed by atoms with E-state index in [9.17, 15) is 13.2 Å². The van der Waals surface area contributed by atoms with Gasteiger partial charge >= 0.3 is 6.18 Å². The number of thiazole rings is 1. The lowest BCUT2D eigenvalue weighted by Gasteiger charge is -2.09. The molecule has 0 aliphatic heterocycles. The number of halogens is 4. The van der Waals surface area contributed by atoms with Crippen molar-refractivity contribution in [1.29, 1.82) is 0 Å². The summed E-state index contributed by atoms with van der Waals surface area (Å²) in [6, 6.07) is 6.63. The van der Waals surface area contributed by atoms with Crippen molar-refractivity contribution in [3.05, 3.63) is 58.2 Å². The molecule has 0 spiro atoms. The molecule has 0 bridgehead atoms. The first-order chi connectivity index (χ1) is 12.3. The van der Waals surface area contributed by atoms with Crippen molar-refractivity contribution in [3.63, 3.8) is 0 Å². The van der Waals surface area contributed by atoms with Gasteiger partial charge in [-0.3, -0.25) is 4.98 Å². The molecule has 0 radical (unpaired) electrons.